The molecule has 2 rings (SSSR count). The summed E-state index contributed by atoms with van der Waals surface area (Å²) in [5.74, 6) is 0. The smallest absolute Gasteiger partial charge is 0.205 e. The van der Waals surface area contributed by atoms with Crippen LogP contribution in [0.2, 0.25) is 5.02 Å². The zero-order valence-electron chi connectivity index (χ0n) is 11.1. The van der Waals surface area contributed by atoms with E-state index < -0.39 is 6.43 Å². The Morgan fingerprint density at radius 1 is 1.00 bits per heavy atom. The first-order valence-electron chi connectivity index (χ1n) is 6.44. The summed E-state index contributed by atoms with van der Waals surface area (Å²) in [6.45, 7) is 2.11. The monoisotopic (exact) mass is 292 g/mol. The van der Waals surface area contributed by atoms with Crippen molar-refractivity contribution in [3.05, 3.63) is 69.7 Å². The van der Waals surface area contributed by atoms with Crippen LogP contribution in [0.15, 0.2) is 42.5 Å². The standard InChI is InChI=1S/C17H15ClF2/c1-2-12-3-5-13(6-4-12)7-8-14-9-10-15(17(19)20)16(18)11-14/h3-11,17H,2H2,1H3/b8-7+. The Bertz CT molecular complexity index is 601. The Balaban J connectivity index is 2.16. The third-order valence-corrected chi connectivity index (χ3v) is 3.44. The van der Waals surface area contributed by atoms with Gasteiger partial charge in [-0.05, 0) is 29.2 Å². The van der Waals surface area contributed by atoms with E-state index in [0.717, 1.165) is 17.5 Å². The Labute approximate surface area is 122 Å². The maximum atomic E-state index is 12.6. The molecule has 104 valence electrons. The van der Waals surface area contributed by atoms with E-state index in [1.807, 2.05) is 24.3 Å². The number of halogens is 3. The molecule has 0 fully saturated rings. The van der Waals surface area contributed by atoms with E-state index in [1.54, 1.807) is 12.1 Å². The second-order valence-electron chi connectivity index (χ2n) is 4.51. The van der Waals surface area contributed by atoms with Gasteiger partial charge in [0.1, 0.15) is 0 Å². The molecule has 0 atom stereocenters. The quantitative estimate of drug-likeness (QED) is 0.605. The van der Waals surface area contributed by atoms with Gasteiger partial charge in [0.25, 0.3) is 6.43 Å². The Kier molecular flexibility index (Phi) is 4.91. The number of hydrogen-bond donors (Lipinski definition) is 0. The van der Waals surface area contributed by atoms with Crippen molar-refractivity contribution in [3.63, 3.8) is 0 Å². The van der Waals surface area contributed by atoms with Crippen LogP contribution in [0.25, 0.3) is 12.2 Å². The van der Waals surface area contributed by atoms with Gasteiger partial charge in [0.15, 0.2) is 0 Å². The van der Waals surface area contributed by atoms with E-state index in [4.69, 9.17) is 11.6 Å². The topological polar surface area (TPSA) is 0 Å². The molecule has 0 N–H and O–H groups in total. The lowest BCUT2D eigenvalue weighted by atomic mass is 10.1. The SMILES string of the molecule is CCc1ccc(/C=C/c2ccc(C(F)F)c(Cl)c2)cc1. The highest BCUT2D eigenvalue weighted by atomic mass is 35.5. The first kappa shape index (κ1) is 14.7. The Morgan fingerprint density at radius 3 is 2.15 bits per heavy atom. The average Bonchev–Trinajstić information content (AvgIpc) is 2.45. The summed E-state index contributed by atoms with van der Waals surface area (Å²) in [4.78, 5) is 0. The molecule has 0 saturated carbocycles. The van der Waals surface area contributed by atoms with Gasteiger partial charge in [0.05, 0.1) is 5.02 Å². The summed E-state index contributed by atoms with van der Waals surface area (Å²) < 4.78 is 25.2. The molecule has 0 spiro atoms. The number of benzene rings is 2. The maximum Gasteiger partial charge on any atom is 0.265 e. The van der Waals surface area contributed by atoms with Gasteiger partial charge in [-0.3, -0.25) is 0 Å². The summed E-state index contributed by atoms with van der Waals surface area (Å²) in [6, 6.07) is 12.8. The summed E-state index contributed by atoms with van der Waals surface area (Å²) >= 11 is 5.83. The molecule has 0 nitrogen and oxygen atoms in total. The molecular formula is C17H15ClF2. The first-order chi connectivity index (χ1) is 9.60. The highest BCUT2D eigenvalue weighted by Crippen LogP contribution is 2.28. The minimum atomic E-state index is -2.54. The third kappa shape index (κ3) is 3.67. The lowest BCUT2D eigenvalue weighted by Crippen LogP contribution is -1.86. The van der Waals surface area contributed by atoms with E-state index in [2.05, 4.69) is 19.1 Å². The fourth-order valence-electron chi connectivity index (χ4n) is 1.88. The number of rotatable bonds is 4. The van der Waals surface area contributed by atoms with Crippen molar-refractivity contribution in [2.24, 2.45) is 0 Å². The van der Waals surface area contributed by atoms with Gasteiger partial charge in [0, 0.05) is 5.56 Å². The fourth-order valence-corrected chi connectivity index (χ4v) is 2.15. The summed E-state index contributed by atoms with van der Waals surface area (Å²) in [5, 5.41) is 0.100. The van der Waals surface area contributed by atoms with Crippen LogP contribution in [-0.2, 0) is 6.42 Å². The van der Waals surface area contributed by atoms with Crippen LogP contribution < -0.4 is 0 Å². The van der Waals surface area contributed by atoms with Crippen LogP contribution in [0.1, 0.15) is 35.6 Å². The zero-order chi connectivity index (χ0) is 14.5. The lowest BCUT2D eigenvalue weighted by molar-refractivity contribution is 0.151. The van der Waals surface area contributed by atoms with E-state index in [1.165, 1.54) is 11.6 Å². The van der Waals surface area contributed by atoms with Crippen molar-refractivity contribution in [2.45, 2.75) is 19.8 Å². The van der Waals surface area contributed by atoms with Gasteiger partial charge >= 0.3 is 0 Å². The van der Waals surface area contributed by atoms with Crippen LogP contribution in [0.4, 0.5) is 8.78 Å². The van der Waals surface area contributed by atoms with E-state index in [-0.39, 0.29) is 10.6 Å². The van der Waals surface area contributed by atoms with Gasteiger partial charge < -0.3 is 0 Å². The first-order valence-corrected chi connectivity index (χ1v) is 6.82. The second-order valence-corrected chi connectivity index (χ2v) is 4.92. The predicted molar refractivity (Wildman–Crippen MR) is 81.2 cm³/mol. The minimum Gasteiger partial charge on any atom is -0.205 e. The molecule has 2 aromatic rings. The molecule has 0 aliphatic rings. The molecule has 0 bridgehead atoms. The Hall–Kier alpha value is -1.67. The molecule has 0 aliphatic heterocycles. The molecule has 0 amide bonds. The number of hydrogen-bond acceptors (Lipinski definition) is 0. The summed E-state index contributed by atoms with van der Waals surface area (Å²) in [5.41, 5.74) is 3.03. The van der Waals surface area contributed by atoms with Crippen LogP contribution >= 0.6 is 11.6 Å². The number of alkyl halides is 2. The summed E-state index contributed by atoms with van der Waals surface area (Å²) in [6.07, 6.45) is 2.27. The Morgan fingerprint density at radius 2 is 1.60 bits per heavy atom. The van der Waals surface area contributed by atoms with Gasteiger partial charge in [-0.2, -0.15) is 0 Å². The zero-order valence-corrected chi connectivity index (χ0v) is 11.9. The maximum absolute atomic E-state index is 12.6. The van der Waals surface area contributed by atoms with Crippen LogP contribution in [0, 0.1) is 0 Å². The van der Waals surface area contributed by atoms with Crippen LogP contribution in [0.5, 0.6) is 0 Å². The normalized spacial score (nSPS) is 11.4. The van der Waals surface area contributed by atoms with Gasteiger partial charge in [0.2, 0.25) is 0 Å². The second kappa shape index (κ2) is 6.67. The molecule has 0 saturated heterocycles. The predicted octanol–water partition coefficient (Wildman–Crippen LogP) is 6.01. The van der Waals surface area contributed by atoms with Crippen molar-refractivity contribution in [1.82, 2.24) is 0 Å². The van der Waals surface area contributed by atoms with Crippen molar-refractivity contribution in [1.29, 1.82) is 0 Å². The highest BCUT2D eigenvalue weighted by Gasteiger charge is 2.11. The molecule has 20 heavy (non-hydrogen) atoms. The highest BCUT2D eigenvalue weighted by molar-refractivity contribution is 6.31. The molecule has 0 aromatic heterocycles. The molecular weight excluding hydrogens is 278 g/mol. The van der Waals surface area contributed by atoms with Gasteiger partial charge in [-0.25, -0.2) is 8.78 Å². The van der Waals surface area contributed by atoms with E-state index in [0.29, 0.717) is 0 Å². The average molecular weight is 293 g/mol. The van der Waals surface area contributed by atoms with Gasteiger partial charge in [-0.1, -0.05) is 67.1 Å². The van der Waals surface area contributed by atoms with Crippen molar-refractivity contribution in [3.8, 4) is 0 Å². The molecule has 0 unspecified atom stereocenters. The fraction of sp³-hybridized carbons (Fsp3) is 0.176. The van der Waals surface area contributed by atoms with Crippen LogP contribution in [-0.4, -0.2) is 0 Å². The minimum absolute atomic E-state index is 0.100. The van der Waals surface area contributed by atoms with Crippen molar-refractivity contribution >= 4 is 23.8 Å². The largest absolute Gasteiger partial charge is 0.265 e. The molecule has 3 heteroatoms. The van der Waals surface area contributed by atoms with Gasteiger partial charge in [-0.15, -0.1) is 0 Å². The van der Waals surface area contributed by atoms with Crippen molar-refractivity contribution in [2.75, 3.05) is 0 Å². The van der Waals surface area contributed by atoms with E-state index in [9.17, 15) is 8.78 Å². The van der Waals surface area contributed by atoms with Crippen molar-refractivity contribution < 1.29 is 8.78 Å². The molecule has 0 radical (unpaired) electrons. The molecule has 0 aliphatic carbocycles. The molecule has 0 heterocycles. The van der Waals surface area contributed by atoms with Crippen LogP contribution in [0.3, 0.4) is 0 Å². The summed E-state index contributed by atoms with van der Waals surface area (Å²) in [7, 11) is 0. The number of aryl methyl sites for hydroxylation is 1. The molecule has 2 aromatic carbocycles. The lowest BCUT2D eigenvalue weighted by Gasteiger charge is -2.03. The third-order valence-electron chi connectivity index (χ3n) is 3.12. The van der Waals surface area contributed by atoms with E-state index >= 15 is 0 Å².